The van der Waals surface area contributed by atoms with Crippen molar-refractivity contribution in [3.8, 4) is 0 Å². The Balaban J connectivity index is 1.56. The van der Waals surface area contributed by atoms with Gasteiger partial charge >= 0.3 is 0 Å². The van der Waals surface area contributed by atoms with Gasteiger partial charge in [-0.15, -0.1) is 0 Å². The molecule has 1 heterocycles. The summed E-state index contributed by atoms with van der Waals surface area (Å²) in [5.74, 6) is 0.598. The van der Waals surface area contributed by atoms with Crippen LogP contribution in [0.3, 0.4) is 0 Å². The molecule has 0 radical (unpaired) electrons. The van der Waals surface area contributed by atoms with E-state index in [9.17, 15) is 9.59 Å². The summed E-state index contributed by atoms with van der Waals surface area (Å²) < 4.78 is 0. The van der Waals surface area contributed by atoms with E-state index in [-0.39, 0.29) is 11.8 Å². The van der Waals surface area contributed by atoms with Gasteiger partial charge in [0.05, 0.1) is 0 Å². The lowest BCUT2D eigenvalue weighted by atomic mass is 9.84. The highest BCUT2D eigenvalue weighted by Crippen LogP contribution is 2.28. The van der Waals surface area contributed by atoms with Crippen LogP contribution in [0.25, 0.3) is 0 Å². The van der Waals surface area contributed by atoms with Gasteiger partial charge in [-0.3, -0.25) is 9.59 Å². The van der Waals surface area contributed by atoms with Crippen LogP contribution in [0.1, 0.15) is 29.6 Å². The summed E-state index contributed by atoms with van der Waals surface area (Å²) in [6.07, 6.45) is 3.25. The molecule has 0 bridgehead atoms. The maximum absolute atomic E-state index is 12.6. The van der Waals surface area contributed by atoms with Crippen LogP contribution < -0.4 is 4.90 Å². The maximum Gasteiger partial charge on any atom is 0.253 e. The fourth-order valence-electron chi connectivity index (χ4n) is 3.13. The van der Waals surface area contributed by atoms with Gasteiger partial charge in [0, 0.05) is 57.4 Å². The average Bonchev–Trinajstić information content (AvgIpc) is 2.53. The molecule has 2 fully saturated rings. The summed E-state index contributed by atoms with van der Waals surface area (Å²) in [4.78, 5) is 30.6. The maximum atomic E-state index is 12.6. The summed E-state index contributed by atoms with van der Waals surface area (Å²) in [6, 6.07) is 7.68. The van der Waals surface area contributed by atoms with Crippen molar-refractivity contribution < 1.29 is 9.59 Å². The Morgan fingerprint density at radius 2 is 1.52 bits per heavy atom. The highest BCUT2D eigenvalue weighted by atomic mass is 16.2. The number of hydrogen-bond acceptors (Lipinski definition) is 3. The first-order chi connectivity index (χ1) is 11.1. The molecule has 1 saturated carbocycles. The molecular formula is C18H25N3O2. The van der Waals surface area contributed by atoms with Gasteiger partial charge in [-0.1, -0.05) is 6.42 Å². The van der Waals surface area contributed by atoms with Crippen molar-refractivity contribution in [2.24, 2.45) is 5.92 Å². The number of hydrogen-bond donors (Lipinski definition) is 0. The van der Waals surface area contributed by atoms with Gasteiger partial charge in [-0.25, -0.2) is 0 Å². The summed E-state index contributed by atoms with van der Waals surface area (Å²) in [5, 5.41) is 0. The summed E-state index contributed by atoms with van der Waals surface area (Å²) >= 11 is 0. The number of rotatable bonds is 3. The second-order valence-corrected chi connectivity index (χ2v) is 6.69. The number of carbonyl (C=O) groups excluding carboxylic acids is 2. The molecule has 1 aromatic rings. The summed E-state index contributed by atoms with van der Waals surface area (Å²) in [6.45, 7) is 2.59. The van der Waals surface area contributed by atoms with E-state index in [0.29, 0.717) is 32.1 Å². The van der Waals surface area contributed by atoms with Gasteiger partial charge in [0.25, 0.3) is 5.91 Å². The molecular weight excluding hydrogens is 290 g/mol. The number of anilines is 1. The van der Waals surface area contributed by atoms with E-state index in [4.69, 9.17) is 0 Å². The first-order valence-corrected chi connectivity index (χ1v) is 8.41. The number of carbonyl (C=O) groups is 2. The Hall–Kier alpha value is -2.04. The fraction of sp³-hybridized carbons (Fsp3) is 0.556. The number of piperazine rings is 1. The van der Waals surface area contributed by atoms with Crippen molar-refractivity contribution in [3.63, 3.8) is 0 Å². The van der Waals surface area contributed by atoms with Crippen LogP contribution in [-0.2, 0) is 4.79 Å². The lowest BCUT2D eigenvalue weighted by Crippen LogP contribution is -2.52. The second-order valence-electron chi connectivity index (χ2n) is 6.69. The minimum absolute atomic E-state index is 0.0612. The highest BCUT2D eigenvalue weighted by molar-refractivity contribution is 5.94. The van der Waals surface area contributed by atoms with E-state index in [1.165, 1.54) is 6.42 Å². The second kappa shape index (κ2) is 6.60. The van der Waals surface area contributed by atoms with Crippen LogP contribution in [-0.4, -0.2) is 61.9 Å². The molecule has 1 aromatic carbocycles. The van der Waals surface area contributed by atoms with Crippen LogP contribution in [0, 0.1) is 5.92 Å². The first kappa shape index (κ1) is 15.8. The Labute approximate surface area is 137 Å². The Kier molecular flexibility index (Phi) is 4.55. The molecule has 1 aliphatic carbocycles. The van der Waals surface area contributed by atoms with Crippen LogP contribution in [0.4, 0.5) is 5.69 Å². The van der Waals surface area contributed by atoms with Gasteiger partial charge in [-0.05, 0) is 37.1 Å². The van der Waals surface area contributed by atoms with Crippen molar-refractivity contribution in [3.05, 3.63) is 29.8 Å². The smallest absolute Gasteiger partial charge is 0.253 e. The highest BCUT2D eigenvalue weighted by Gasteiger charge is 2.32. The molecule has 23 heavy (non-hydrogen) atoms. The third-order valence-corrected chi connectivity index (χ3v) is 4.96. The van der Waals surface area contributed by atoms with E-state index in [0.717, 1.165) is 24.1 Å². The molecule has 0 N–H and O–H groups in total. The topological polar surface area (TPSA) is 43.9 Å². The van der Waals surface area contributed by atoms with E-state index in [2.05, 4.69) is 0 Å². The van der Waals surface area contributed by atoms with Crippen molar-refractivity contribution in [2.75, 3.05) is 45.2 Å². The van der Waals surface area contributed by atoms with Gasteiger partial charge < -0.3 is 14.7 Å². The number of amides is 2. The van der Waals surface area contributed by atoms with Gasteiger partial charge in [0.2, 0.25) is 5.91 Å². The molecule has 1 aliphatic heterocycles. The molecule has 3 rings (SSSR count). The lowest BCUT2D eigenvalue weighted by molar-refractivity contribution is -0.139. The average molecular weight is 315 g/mol. The monoisotopic (exact) mass is 315 g/mol. The standard InChI is InChI=1S/C18H25N3O2/c1-19(2)16-8-6-15(7-9-16)18(23)21-12-10-20(11-13-21)17(22)14-4-3-5-14/h6-9,14H,3-5,10-13H2,1-2H3. The van der Waals surface area contributed by atoms with Crippen molar-refractivity contribution >= 4 is 17.5 Å². The fourth-order valence-corrected chi connectivity index (χ4v) is 3.13. The van der Waals surface area contributed by atoms with E-state index in [1.807, 2.05) is 53.1 Å². The molecule has 5 heteroatoms. The zero-order valence-electron chi connectivity index (χ0n) is 14.0. The van der Waals surface area contributed by atoms with Crippen LogP contribution in [0.15, 0.2) is 24.3 Å². The summed E-state index contributed by atoms with van der Waals surface area (Å²) in [7, 11) is 3.96. The first-order valence-electron chi connectivity index (χ1n) is 8.41. The van der Waals surface area contributed by atoms with E-state index in [1.54, 1.807) is 0 Å². The Morgan fingerprint density at radius 3 is 2.00 bits per heavy atom. The normalized spacial score (nSPS) is 18.5. The van der Waals surface area contributed by atoms with Gasteiger partial charge in [-0.2, -0.15) is 0 Å². The van der Waals surface area contributed by atoms with Crippen molar-refractivity contribution in [2.45, 2.75) is 19.3 Å². The third-order valence-electron chi connectivity index (χ3n) is 4.96. The van der Waals surface area contributed by atoms with E-state index < -0.39 is 0 Å². The van der Waals surface area contributed by atoms with Crippen molar-refractivity contribution in [1.29, 1.82) is 0 Å². The third kappa shape index (κ3) is 3.33. The zero-order chi connectivity index (χ0) is 16.4. The molecule has 5 nitrogen and oxygen atoms in total. The Morgan fingerprint density at radius 1 is 0.957 bits per heavy atom. The van der Waals surface area contributed by atoms with Gasteiger partial charge in [0.15, 0.2) is 0 Å². The van der Waals surface area contributed by atoms with Crippen LogP contribution >= 0.6 is 0 Å². The van der Waals surface area contributed by atoms with Crippen LogP contribution in [0.5, 0.6) is 0 Å². The minimum atomic E-state index is 0.0612. The molecule has 1 saturated heterocycles. The molecule has 0 atom stereocenters. The number of benzene rings is 1. The minimum Gasteiger partial charge on any atom is -0.378 e. The number of nitrogens with zero attached hydrogens (tertiary/aromatic N) is 3. The Bertz CT molecular complexity index is 570. The zero-order valence-corrected chi connectivity index (χ0v) is 14.0. The molecule has 2 aliphatic rings. The quantitative estimate of drug-likeness (QED) is 0.855. The van der Waals surface area contributed by atoms with Gasteiger partial charge in [0.1, 0.15) is 0 Å². The van der Waals surface area contributed by atoms with Crippen molar-refractivity contribution in [1.82, 2.24) is 9.80 Å². The largest absolute Gasteiger partial charge is 0.378 e. The molecule has 0 unspecified atom stereocenters. The predicted molar refractivity (Wildman–Crippen MR) is 90.6 cm³/mol. The molecule has 0 spiro atoms. The SMILES string of the molecule is CN(C)c1ccc(C(=O)N2CCN(C(=O)C3CCC3)CC2)cc1. The van der Waals surface area contributed by atoms with E-state index >= 15 is 0 Å². The summed E-state index contributed by atoms with van der Waals surface area (Å²) in [5.41, 5.74) is 1.80. The molecule has 124 valence electrons. The molecule has 2 amide bonds. The van der Waals surface area contributed by atoms with Crippen LogP contribution in [0.2, 0.25) is 0 Å². The predicted octanol–water partition coefficient (Wildman–Crippen LogP) is 1.84. The molecule has 0 aromatic heterocycles. The lowest BCUT2D eigenvalue weighted by Gasteiger charge is -2.38.